The van der Waals surface area contributed by atoms with Gasteiger partial charge in [-0.2, -0.15) is 0 Å². The number of rotatable bonds is 47. The van der Waals surface area contributed by atoms with Gasteiger partial charge in [-0.15, -0.1) is 0 Å². The first-order valence-electron chi connectivity index (χ1n) is 25.1. The monoisotopic (exact) mass is 787 g/mol. The molecule has 0 radical (unpaired) electrons. The standard InChI is InChI=1S/C52H98O4/c1-3-5-7-9-11-13-15-17-19-21-23-24-25-26-27-28-29-31-33-35-37-39-41-43-45-47-52(54)56-51(49-53)50-55-48-46-44-42-40-38-36-34-32-30-22-20-18-16-14-12-10-8-6-4-2/h15,17,20-23,51,53H,3-14,16,18-19,24-50H2,1-2H3/b17-15-,22-20-,23-21-. The summed E-state index contributed by atoms with van der Waals surface area (Å²) in [4.78, 5) is 12.3. The second-order valence-electron chi connectivity index (χ2n) is 16.9. The number of allylic oxidation sites excluding steroid dienone is 6. The van der Waals surface area contributed by atoms with Gasteiger partial charge in [0.15, 0.2) is 0 Å². The van der Waals surface area contributed by atoms with Crippen LogP contribution in [0.2, 0.25) is 0 Å². The van der Waals surface area contributed by atoms with E-state index in [9.17, 15) is 9.90 Å². The molecule has 0 aliphatic carbocycles. The number of unbranched alkanes of at least 4 members (excludes halogenated alkanes) is 33. The van der Waals surface area contributed by atoms with E-state index < -0.39 is 6.10 Å². The Kier molecular flexibility index (Phi) is 48.5. The topological polar surface area (TPSA) is 55.8 Å². The average molecular weight is 787 g/mol. The minimum atomic E-state index is -0.535. The lowest BCUT2D eigenvalue weighted by molar-refractivity contribution is -0.154. The molecule has 0 aromatic carbocycles. The van der Waals surface area contributed by atoms with E-state index >= 15 is 0 Å². The number of aliphatic hydroxyl groups is 1. The fraction of sp³-hybridized carbons (Fsp3) is 0.865. The molecule has 0 saturated carbocycles. The summed E-state index contributed by atoms with van der Waals surface area (Å²) in [5.41, 5.74) is 0. The lowest BCUT2D eigenvalue weighted by Crippen LogP contribution is -2.27. The molecule has 0 aromatic heterocycles. The Morgan fingerprint density at radius 3 is 1.12 bits per heavy atom. The number of aliphatic hydroxyl groups excluding tert-OH is 1. The summed E-state index contributed by atoms with van der Waals surface area (Å²) in [5, 5.41) is 9.64. The molecule has 0 aliphatic heterocycles. The lowest BCUT2D eigenvalue weighted by atomic mass is 10.0. The molecule has 4 nitrogen and oxygen atoms in total. The molecular formula is C52H98O4. The van der Waals surface area contributed by atoms with Gasteiger partial charge in [-0.25, -0.2) is 0 Å². The van der Waals surface area contributed by atoms with Crippen molar-refractivity contribution in [3.63, 3.8) is 0 Å². The second kappa shape index (κ2) is 49.8. The first kappa shape index (κ1) is 54.6. The molecule has 0 fully saturated rings. The van der Waals surface area contributed by atoms with Gasteiger partial charge < -0.3 is 14.6 Å². The highest BCUT2D eigenvalue weighted by atomic mass is 16.6. The molecule has 0 amide bonds. The summed E-state index contributed by atoms with van der Waals surface area (Å²) < 4.78 is 11.2. The zero-order valence-corrected chi connectivity index (χ0v) is 37.9. The van der Waals surface area contributed by atoms with Crippen LogP contribution in [-0.4, -0.2) is 37.0 Å². The van der Waals surface area contributed by atoms with E-state index in [0.29, 0.717) is 19.6 Å². The fourth-order valence-corrected chi connectivity index (χ4v) is 7.41. The van der Waals surface area contributed by atoms with Crippen molar-refractivity contribution in [1.29, 1.82) is 0 Å². The Labute approximate surface area is 350 Å². The summed E-state index contributed by atoms with van der Waals surface area (Å²) in [6, 6.07) is 0. The SMILES string of the molecule is CCCCCCC/C=C\C/C=C\CCCCCCCCCCCCCCCC(=O)OC(CO)COCCCCCCCCCC/C=C\CCCCCCCCC. The van der Waals surface area contributed by atoms with Crippen molar-refractivity contribution in [2.24, 2.45) is 0 Å². The summed E-state index contributed by atoms with van der Waals surface area (Å²) in [7, 11) is 0. The van der Waals surface area contributed by atoms with Crippen molar-refractivity contribution in [1.82, 2.24) is 0 Å². The van der Waals surface area contributed by atoms with E-state index in [1.54, 1.807) is 0 Å². The Morgan fingerprint density at radius 2 is 0.750 bits per heavy atom. The molecule has 0 heterocycles. The van der Waals surface area contributed by atoms with Crippen LogP contribution >= 0.6 is 0 Å². The molecule has 0 rings (SSSR count). The lowest BCUT2D eigenvalue weighted by Gasteiger charge is -2.16. The van der Waals surface area contributed by atoms with Crippen LogP contribution in [0.3, 0.4) is 0 Å². The molecule has 0 saturated heterocycles. The number of hydrogen-bond acceptors (Lipinski definition) is 4. The van der Waals surface area contributed by atoms with Crippen molar-refractivity contribution in [3.8, 4) is 0 Å². The summed E-state index contributed by atoms with van der Waals surface area (Å²) in [6.45, 7) is 5.36. The van der Waals surface area contributed by atoms with E-state index in [4.69, 9.17) is 9.47 Å². The van der Waals surface area contributed by atoms with Gasteiger partial charge in [0.25, 0.3) is 0 Å². The van der Waals surface area contributed by atoms with E-state index in [1.807, 2.05) is 0 Å². The van der Waals surface area contributed by atoms with Crippen molar-refractivity contribution in [2.75, 3.05) is 19.8 Å². The summed E-state index contributed by atoms with van der Waals surface area (Å²) in [5.74, 6) is -0.199. The van der Waals surface area contributed by atoms with E-state index in [-0.39, 0.29) is 12.6 Å². The number of hydrogen-bond donors (Lipinski definition) is 1. The van der Waals surface area contributed by atoms with Gasteiger partial charge in [0.05, 0.1) is 13.2 Å². The fourth-order valence-electron chi connectivity index (χ4n) is 7.41. The first-order chi connectivity index (χ1) is 27.7. The normalized spacial score (nSPS) is 12.6. The van der Waals surface area contributed by atoms with Crippen LogP contribution in [0, 0.1) is 0 Å². The zero-order chi connectivity index (χ0) is 40.5. The zero-order valence-electron chi connectivity index (χ0n) is 37.9. The maximum absolute atomic E-state index is 12.3. The molecule has 330 valence electrons. The van der Waals surface area contributed by atoms with E-state index in [0.717, 1.165) is 25.7 Å². The number of carbonyl (C=O) groups excluding carboxylic acids is 1. The number of carbonyl (C=O) groups is 1. The minimum absolute atomic E-state index is 0.171. The van der Waals surface area contributed by atoms with Crippen LogP contribution in [0.1, 0.15) is 264 Å². The van der Waals surface area contributed by atoms with Crippen LogP contribution in [0.25, 0.3) is 0 Å². The molecule has 0 bridgehead atoms. The largest absolute Gasteiger partial charge is 0.457 e. The van der Waals surface area contributed by atoms with Crippen molar-refractivity contribution >= 4 is 5.97 Å². The smallest absolute Gasteiger partial charge is 0.306 e. The summed E-state index contributed by atoms with van der Waals surface area (Å²) >= 11 is 0. The van der Waals surface area contributed by atoms with Gasteiger partial charge >= 0.3 is 5.97 Å². The third-order valence-electron chi connectivity index (χ3n) is 11.2. The molecule has 0 spiro atoms. The predicted octanol–water partition coefficient (Wildman–Crippen LogP) is 16.8. The number of ether oxygens (including phenoxy) is 2. The van der Waals surface area contributed by atoms with Crippen LogP contribution in [0.4, 0.5) is 0 Å². The Hall–Kier alpha value is -1.39. The maximum Gasteiger partial charge on any atom is 0.306 e. The molecule has 4 heteroatoms. The van der Waals surface area contributed by atoms with E-state index in [2.05, 4.69) is 50.3 Å². The van der Waals surface area contributed by atoms with Crippen LogP contribution in [0.5, 0.6) is 0 Å². The van der Waals surface area contributed by atoms with Gasteiger partial charge in [0.1, 0.15) is 6.10 Å². The molecule has 0 aliphatic rings. The Bertz CT molecular complexity index is 833. The van der Waals surface area contributed by atoms with Crippen molar-refractivity contribution in [2.45, 2.75) is 270 Å². The Morgan fingerprint density at radius 1 is 0.429 bits per heavy atom. The third kappa shape index (κ3) is 47.0. The van der Waals surface area contributed by atoms with Crippen LogP contribution in [-0.2, 0) is 14.3 Å². The van der Waals surface area contributed by atoms with E-state index in [1.165, 1.54) is 218 Å². The molecule has 1 unspecified atom stereocenters. The maximum atomic E-state index is 12.3. The number of esters is 1. The van der Waals surface area contributed by atoms with Gasteiger partial charge in [-0.1, -0.05) is 224 Å². The summed E-state index contributed by atoms with van der Waals surface area (Å²) in [6.07, 6.45) is 63.7. The van der Waals surface area contributed by atoms with Crippen LogP contribution in [0.15, 0.2) is 36.5 Å². The average Bonchev–Trinajstić information content (AvgIpc) is 3.20. The Balaban J connectivity index is 3.39. The van der Waals surface area contributed by atoms with Gasteiger partial charge in [-0.3, -0.25) is 4.79 Å². The second-order valence-corrected chi connectivity index (χ2v) is 16.9. The molecule has 1 atom stereocenters. The molecule has 56 heavy (non-hydrogen) atoms. The minimum Gasteiger partial charge on any atom is -0.457 e. The molecular weight excluding hydrogens is 689 g/mol. The van der Waals surface area contributed by atoms with Gasteiger partial charge in [-0.05, 0) is 70.6 Å². The van der Waals surface area contributed by atoms with Crippen molar-refractivity contribution < 1.29 is 19.4 Å². The molecule has 1 N–H and O–H groups in total. The molecule has 0 aromatic rings. The van der Waals surface area contributed by atoms with Crippen LogP contribution < -0.4 is 0 Å². The van der Waals surface area contributed by atoms with Crippen molar-refractivity contribution in [3.05, 3.63) is 36.5 Å². The van der Waals surface area contributed by atoms with Gasteiger partial charge in [0, 0.05) is 13.0 Å². The highest BCUT2D eigenvalue weighted by molar-refractivity contribution is 5.69. The quantitative estimate of drug-likeness (QED) is 0.0379. The predicted molar refractivity (Wildman–Crippen MR) is 247 cm³/mol. The van der Waals surface area contributed by atoms with Gasteiger partial charge in [0.2, 0.25) is 0 Å². The first-order valence-corrected chi connectivity index (χ1v) is 25.1. The highest BCUT2D eigenvalue weighted by Crippen LogP contribution is 2.15. The highest BCUT2D eigenvalue weighted by Gasteiger charge is 2.13. The third-order valence-corrected chi connectivity index (χ3v) is 11.2.